The minimum absolute atomic E-state index is 0.0272. The van der Waals surface area contributed by atoms with Crippen molar-refractivity contribution in [3.8, 4) is 11.4 Å². The largest absolute Gasteiger partial charge is 0.487 e. The Morgan fingerprint density at radius 3 is 2.11 bits per heavy atom. The van der Waals surface area contributed by atoms with E-state index in [4.69, 9.17) is 10.5 Å². The predicted molar refractivity (Wildman–Crippen MR) is 196 cm³/mol. The molecule has 2 aromatic carbocycles. The van der Waals surface area contributed by atoms with Crippen LogP contribution in [0.15, 0.2) is 52.3 Å². The van der Waals surface area contributed by atoms with Gasteiger partial charge in [-0.1, -0.05) is 0 Å². The van der Waals surface area contributed by atoms with Crippen LogP contribution in [-0.4, -0.2) is 100 Å². The molecule has 56 heavy (non-hydrogen) atoms. The van der Waals surface area contributed by atoms with Gasteiger partial charge in [-0.2, -0.15) is 0 Å². The molecule has 18 heteroatoms. The Hall–Kier alpha value is -6.01. The fourth-order valence-corrected chi connectivity index (χ4v) is 7.88. The number of aromatic carboxylic acids is 2. The average molecular weight is 778 g/mol. The monoisotopic (exact) mass is 777 g/mol. The number of pyridine rings is 3. The van der Waals surface area contributed by atoms with Crippen LogP contribution in [0.5, 0.6) is 5.75 Å². The molecule has 4 N–H and O–H groups in total. The van der Waals surface area contributed by atoms with Crippen LogP contribution >= 0.6 is 0 Å². The summed E-state index contributed by atoms with van der Waals surface area (Å²) in [6, 6.07) is 4.69. The molecule has 14 nitrogen and oxygen atoms in total. The maximum Gasteiger partial charge on any atom is 0.341 e. The molecule has 292 valence electrons. The van der Waals surface area contributed by atoms with E-state index >= 15 is 0 Å². The Balaban J connectivity index is 0.000000159. The van der Waals surface area contributed by atoms with Gasteiger partial charge < -0.3 is 40.0 Å². The minimum Gasteiger partial charge on any atom is -0.487 e. The Bertz CT molecular complexity index is 2600. The molecule has 3 aromatic heterocycles. The fraction of sp³-hybridized carbons (Fsp3) is 0.342. The van der Waals surface area contributed by atoms with Gasteiger partial charge in [0.1, 0.15) is 35.1 Å². The van der Waals surface area contributed by atoms with Gasteiger partial charge in [-0.25, -0.2) is 32.1 Å². The second-order valence-electron chi connectivity index (χ2n) is 14.6. The predicted octanol–water partition coefficient (Wildman–Crippen LogP) is 3.44. The number of fused-ring (bicyclic) bond motifs is 2. The van der Waals surface area contributed by atoms with Crippen LogP contribution in [0.25, 0.3) is 27.6 Å². The number of hydrogen-bond acceptors (Lipinski definition) is 10. The Labute approximate surface area is 314 Å². The molecule has 5 aromatic rings. The number of nitrogens with zero attached hydrogens (tertiary/aromatic N) is 6. The number of aromatic nitrogens is 3. The summed E-state index contributed by atoms with van der Waals surface area (Å²) in [5.41, 5.74) is 3.72. The van der Waals surface area contributed by atoms with Crippen LogP contribution in [0.4, 0.5) is 29.1 Å². The number of carbonyl (C=O) groups is 2. The molecule has 3 aliphatic heterocycles. The number of piperazine rings is 1. The van der Waals surface area contributed by atoms with E-state index in [9.17, 15) is 47.0 Å². The highest BCUT2D eigenvalue weighted by atomic mass is 19.1. The maximum atomic E-state index is 15.0. The van der Waals surface area contributed by atoms with Gasteiger partial charge in [0.15, 0.2) is 28.8 Å². The van der Waals surface area contributed by atoms with E-state index in [0.29, 0.717) is 49.2 Å². The Kier molecular flexibility index (Phi) is 8.99. The molecule has 0 amide bonds. The second kappa shape index (κ2) is 13.6. The molecule has 9 rings (SSSR count). The summed E-state index contributed by atoms with van der Waals surface area (Å²) in [4.78, 5) is 58.2. The standard InChI is InChI=1S/C20H15F3N4O3.C18H20FN3O4/c21-8-1-2-15(13(22)3-8)27-7-12(20(29)30)17(28)9-4-14(23)19(25-18(9)27)26-5-10-11(6-26)16(10)24;1-10-9-26-17-14-11(16(23)12(18(24)25)8-22(10)14)7-13(19)15(17)21-5-3-20(2)4-6-21/h1-4,7,10-11,16H,5-6,24H2,(H,29,30);7-8,10H,3-6,9H2,1-2H3,(H,24,25)/t10-,11+,16?;. The molecule has 4 atom stereocenters. The number of carboxylic acids is 2. The van der Waals surface area contributed by atoms with Crippen LogP contribution in [0.3, 0.4) is 0 Å². The summed E-state index contributed by atoms with van der Waals surface area (Å²) in [5, 5.41) is 18.4. The smallest absolute Gasteiger partial charge is 0.341 e. The van der Waals surface area contributed by atoms with Gasteiger partial charge in [0.25, 0.3) is 0 Å². The quantitative estimate of drug-likeness (QED) is 0.222. The number of ether oxygens (including phenoxy) is 1. The molecule has 2 unspecified atom stereocenters. The lowest BCUT2D eigenvalue weighted by molar-refractivity contribution is 0.0684. The van der Waals surface area contributed by atoms with Crippen LogP contribution in [0.2, 0.25) is 0 Å². The fourth-order valence-electron chi connectivity index (χ4n) is 7.88. The van der Waals surface area contributed by atoms with Gasteiger partial charge in [0, 0.05) is 63.8 Å². The van der Waals surface area contributed by atoms with E-state index in [2.05, 4.69) is 9.88 Å². The first-order valence-corrected chi connectivity index (χ1v) is 17.8. The zero-order valence-electron chi connectivity index (χ0n) is 30.0. The first kappa shape index (κ1) is 36.9. The van der Waals surface area contributed by atoms with Crippen LogP contribution < -0.4 is 31.1 Å². The van der Waals surface area contributed by atoms with Crippen LogP contribution in [0.1, 0.15) is 33.7 Å². The SMILES string of the molecule is CC1COc2c(N3CCN(C)CC3)c(F)cc3c(=O)c(C(=O)O)cn1c23.NC1[C@H]2CN(c3nc4c(cc3F)c(=O)c(C(=O)O)cn4-c3ccc(F)cc3F)C[C@@H]12. The van der Waals surface area contributed by atoms with Crippen molar-refractivity contribution in [2.75, 3.05) is 62.7 Å². The summed E-state index contributed by atoms with van der Waals surface area (Å²) in [6.07, 6.45) is 2.25. The van der Waals surface area contributed by atoms with E-state index in [-0.39, 0.29) is 64.0 Å². The number of benzene rings is 2. The maximum absolute atomic E-state index is 15.0. The molecule has 0 radical (unpaired) electrons. The summed E-state index contributed by atoms with van der Waals surface area (Å²) in [7, 11) is 2.02. The molecule has 3 fully saturated rings. The summed E-state index contributed by atoms with van der Waals surface area (Å²) >= 11 is 0. The Morgan fingerprint density at radius 1 is 0.839 bits per heavy atom. The number of hydrogen-bond donors (Lipinski definition) is 3. The number of likely N-dealkylation sites (N-methyl/N-ethyl adjacent to an activating group) is 1. The van der Waals surface area contributed by atoms with E-state index < -0.39 is 51.6 Å². The lowest BCUT2D eigenvalue weighted by Gasteiger charge is -2.37. The number of rotatable bonds is 5. The molecule has 6 heterocycles. The van der Waals surface area contributed by atoms with Crippen LogP contribution in [0, 0.1) is 35.1 Å². The average Bonchev–Trinajstić information content (AvgIpc) is 3.51. The van der Waals surface area contributed by atoms with Crippen LogP contribution in [-0.2, 0) is 0 Å². The number of nitrogens with two attached hydrogens (primary N) is 1. The van der Waals surface area contributed by atoms with Gasteiger partial charge in [-0.05, 0) is 50.1 Å². The van der Waals surface area contributed by atoms with Gasteiger partial charge in [0.05, 0.1) is 28.0 Å². The lowest BCUT2D eigenvalue weighted by Crippen LogP contribution is -2.45. The summed E-state index contributed by atoms with van der Waals surface area (Å²) < 4.78 is 66.3. The second-order valence-corrected chi connectivity index (χ2v) is 14.6. The zero-order chi connectivity index (χ0) is 39.9. The van der Waals surface area contributed by atoms with Crippen molar-refractivity contribution >= 4 is 45.4 Å². The number of carboxylic acid groups (broad SMARTS) is 2. The molecule has 2 saturated heterocycles. The molecule has 4 aliphatic rings. The highest BCUT2D eigenvalue weighted by molar-refractivity contribution is 5.97. The topological polar surface area (TPSA) is 176 Å². The number of halogens is 4. The van der Waals surface area contributed by atoms with E-state index in [0.717, 1.165) is 48.1 Å². The van der Waals surface area contributed by atoms with Crippen molar-refractivity contribution in [1.82, 2.24) is 19.0 Å². The molecular formula is C38H35F4N7O7. The summed E-state index contributed by atoms with van der Waals surface area (Å²) in [5.74, 6) is -5.25. The highest BCUT2D eigenvalue weighted by Gasteiger charge is 2.54. The first-order chi connectivity index (χ1) is 26.6. The van der Waals surface area contributed by atoms with Crippen molar-refractivity contribution in [3.05, 3.63) is 97.6 Å². The van der Waals surface area contributed by atoms with Gasteiger partial charge >= 0.3 is 11.9 Å². The van der Waals surface area contributed by atoms with Gasteiger partial charge in [-0.3, -0.25) is 14.2 Å². The normalized spacial score (nSPS) is 21.4. The molecule has 0 spiro atoms. The van der Waals surface area contributed by atoms with Crippen molar-refractivity contribution in [2.45, 2.75) is 19.0 Å². The van der Waals surface area contributed by atoms with Crippen molar-refractivity contribution in [2.24, 2.45) is 17.6 Å². The molecule has 1 aliphatic carbocycles. The lowest BCUT2D eigenvalue weighted by atomic mass is 10.1. The third kappa shape index (κ3) is 6.08. The minimum atomic E-state index is -1.56. The number of piperidine rings is 1. The van der Waals surface area contributed by atoms with Crippen molar-refractivity contribution in [1.29, 1.82) is 0 Å². The highest BCUT2D eigenvalue weighted by Crippen LogP contribution is 2.46. The van der Waals surface area contributed by atoms with E-state index in [1.165, 1.54) is 6.20 Å². The third-order valence-corrected chi connectivity index (χ3v) is 11.1. The van der Waals surface area contributed by atoms with Crippen molar-refractivity contribution < 1.29 is 42.1 Å². The van der Waals surface area contributed by atoms with Gasteiger partial charge in [0.2, 0.25) is 10.9 Å². The van der Waals surface area contributed by atoms with E-state index in [1.54, 1.807) is 9.47 Å². The number of anilines is 2. The van der Waals surface area contributed by atoms with Gasteiger partial charge in [-0.15, -0.1) is 0 Å². The molecular weight excluding hydrogens is 742 g/mol. The van der Waals surface area contributed by atoms with E-state index in [1.807, 2.05) is 18.9 Å². The Morgan fingerprint density at radius 2 is 1.46 bits per heavy atom. The zero-order valence-corrected chi connectivity index (χ0v) is 30.0. The third-order valence-electron chi connectivity index (χ3n) is 11.1. The van der Waals surface area contributed by atoms with Crippen molar-refractivity contribution in [3.63, 3.8) is 0 Å². The first-order valence-electron chi connectivity index (χ1n) is 17.8. The summed E-state index contributed by atoms with van der Waals surface area (Å²) in [6.45, 7) is 6.08. The molecule has 0 bridgehead atoms. The molecule has 1 saturated carbocycles.